The fraction of sp³-hybridized carbons (Fsp3) is 0.750. The van der Waals surface area contributed by atoms with E-state index in [2.05, 4.69) is 30.1 Å². The maximum atomic E-state index is 5.28. The quantitative estimate of drug-likeness (QED) is 0.537. The van der Waals surface area contributed by atoms with Gasteiger partial charge in [-0.15, -0.1) is 6.42 Å². The van der Waals surface area contributed by atoms with Crippen LogP contribution in [0.5, 0.6) is 0 Å². The number of terminal acetylenes is 1. The summed E-state index contributed by atoms with van der Waals surface area (Å²) in [6.45, 7) is 4.23. The predicted molar refractivity (Wildman–Crippen MR) is 42.7 cm³/mol. The van der Waals surface area contributed by atoms with Gasteiger partial charge >= 0.3 is 0 Å². The van der Waals surface area contributed by atoms with Gasteiger partial charge in [0.2, 0.25) is 0 Å². The highest BCUT2D eigenvalue weighted by Gasteiger charge is 2.23. The first-order valence-electron chi connectivity index (χ1n) is 3.64. The van der Waals surface area contributed by atoms with Crippen molar-refractivity contribution in [1.29, 1.82) is 0 Å². The fourth-order valence-electron chi connectivity index (χ4n) is 0.995. The van der Waals surface area contributed by atoms with Gasteiger partial charge in [-0.1, -0.05) is 5.92 Å². The zero-order valence-electron chi connectivity index (χ0n) is 6.59. The highest BCUT2D eigenvalue weighted by Crippen LogP contribution is 2.05. The van der Waals surface area contributed by atoms with E-state index in [1.54, 1.807) is 0 Å². The second-order valence-corrected chi connectivity index (χ2v) is 2.82. The van der Waals surface area contributed by atoms with E-state index in [4.69, 9.17) is 6.42 Å². The van der Waals surface area contributed by atoms with Gasteiger partial charge in [-0.2, -0.15) is 0 Å². The fourth-order valence-corrected chi connectivity index (χ4v) is 0.995. The van der Waals surface area contributed by atoms with E-state index in [9.17, 15) is 0 Å². The summed E-state index contributed by atoms with van der Waals surface area (Å²) in [5, 5.41) is 3.21. The van der Waals surface area contributed by atoms with E-state index in [-0.39, 0.29) is 6.04 Å². The molecule has 1 atom stereocenters. The highest BCUT2D eigenvalue weighted by molar-refractivity contribution is 4.99. The molecule has 1 aliphatic rings. The van der Waals surface area contributed by atoms with Crippen molar-refractivity contribution in [2.45, 2.75) is 19.0 Å². The molecule has 0 aromatic rings. The molecule has 56 valence electrons. The lowest BCUT2D eigenvalue weighted by molar-refractivity contribution is 0.162. The number of nitrogens with zero attached hydrogens (tertiary/aromatic N) is 1. The second-order valence-electron chi connectivity index (χ2n) is 2.82. The Morgan fingerprint density at radius 2 is 2.30 bits per heavy atom. The summed E-state index contributed by atoms with van der Waals surface area (Å²) in [7, 11) is 2.08. The van der Waals surface area contributed by atoms with Crippen molar-refractivity contribution < 1.29 is 0 Å². The van der Waals surface area contributed by atoms with Gasteiger partial charge in [-0.3, -0.25) is 4.90 Å². The average Bonchev–Trinajstić information content (AvgIpc) is 1.82. The number of rotatable bonds is 2. The Balaban J connectivity index is 2.33. The van der Waals surface area contributed by atoms with Crippen molar-refractivity contribution in [3.05, 3.63) is 0 Å². The zero-order chi connectivity index (χ0) is 7.56. The normalized spacial score (nSPS) is 21.8. The monoisotopic (exact) mass is 138 g/mol. The smallest absolute Gasteiger partial charge is 0.0684 e. The molecule has 1 unspecified atom stereocenters. The van der Waals surface area contributed by atoms with E-state index in [1.807, 2.05) is 0 Å². The summed E-state index contributed by atoms with van der Waals surface area (Å²) < 4.78 is 0. The topological polar surface area (TPSA) is 15.3 Å². The van der Waals surface area contributed by atoms with Gasteiger partial charge in [0, 0.05) is 19.1 Å². The Morgan fingerprint density at radius 1 is 1.70 bits per heavy atom. The molecule has 0 bridgehead atoms. The molecular weight excluding hydrogens is 124 g/mol. The van der Waals surface area contributed by atoms with Crippen LogP contribution >= 0.6 is 0 Å². The Kier molecular flexibility index (Phi) is 2.31. The van der Waals surface area contributed by atoms with Crippen molar-refractivity contribution in [3.63, 3.8) is 0 Å². The minimum absolute atomic E-state index is 0.270. The molecule has 1 N–H and O–H groups in total. The van der Waals surface area contributed by atoms with Crippen LogP contribution < -0.4 is 5.32 Å². The van der Waals surface area contributed by atoms with E-state index >= 15 is 0 Å². The molecule has 0 radical (unpaired) electrons. The molecular formula is C8H14N2. The molecule has 10 heavy (non-hydrogen) atoms. The molecule has 0 amide bonds. The van der Waals surface area contributed by atoms with E-state index in [0.717, 1.165) is 13.1 Å². The minimum atomic E-state index is 0.270. The van der Waals surface area contributed by atoms with Gasteiger partial charge in [0.25, 0.3) is 0 Å². The zero-order valence-corrected chi connectivity index (χ0v) is 6.59. The molecule has 1 fully saturated rings. The molecule has 1 rings (SSSR count). The van der Waals surface area contributed by atoms with E-state index < -0.39 is 0 Å². The molecule has 0 spiro atoms. The van der Waals surface area contributed by atoms with Gasteiger partial charge in [0.15, 0.2) is 0 Å². The van der Waals surface area contributed by atoms with Crippen molar-refractivity contribution in [1.82, 2.24) is 10.2 Å². The van der Waals surface area contributed by atoms with Crippen molar-refractivity contribution in [3.8, 4) is 12.3 Å². The molecule has 0 aliphatic carbocycles. The lowest BCUT2D eigenvalue weighted by atomic mass is 10.1. The van der Waals surface area contributed by atoms with Crippen LogP contribution in [0.15, 0.2) is 0 Å². The summed E-state index contributed by atoms with van der Waals surface area (Å²) in [5.74, 6) is 2.71. The van der Waals surface area contributed by atoms with Gasteiger partial charge in [-0.05, 0) is 14.0 Å². The maximum absolute atomic E-state index is 5.28. The first kappa shape index (κ1) is 7.59. The van der Waals surface area contributed by atoms with E-state index in [0.29, 0.717) is 6.04 Å². The van der Waals surface area contributed by atoms with Crippen LogP contribution in [0.25, 0.3) is 0 Å². The maximum Gasteiger partial charge on any atom is 0.0684 e. The molecule has 2 nitrogen and oxygen atoms in total. The lowest BCUT2D eigenvalue weighted by Gasteiger charge is -2.37. The number of hydrogen-bond donors (Lipinski definition) is 1. The third-order valence-corrected chi connectivity index (χ3v) is 2.19. The van der Waals surface area contributed by atoms with Gasteiger partial charge in [0.05, 0.1) is 6.04 Å². The summed E-state index contributed by atoms with van der Waals surface area (Å²) in [5.41, 5.74) is 0. The van der Waals surface area contributed by atoms with Crippen molar-refractivity contribution in [2.75, 3.05) is 20.1 Å². The van der Waals surface area contributed by atoms with Gasteiger partial charge in [-0.25, -0.2) is 0 Å². The third kappa shape index (κ3) is 1.31. The van der Waals surface area contributed by atoms with Crippen LogP contribution in [-0.2, 0) is 0 Å². The molecule has 1 aliphatic heterocycles. The van der Waals surface area contributed by atoms with Crippen LogP contribution in [0.3, 0.4) is 0 Å². The molecule has 0 saturated carbocycles. The predicted octanol–water partition coefficient (Wildman–Crippen LogP) is -0.0883. The van der Waals surface area contributed by atoms with Gasteiger partial charge < -0.3 is 5.32 Å². The van der Waals surface area contributed by atoms with Crippen LogP contribution in [0.2, 0.25) is 0 Å². The lowest BCUT2D eigenvalue weighted by Crippen LogP contribution is -2.57. The Bertz CT molecular complexity index is 144. The van der Waals surface area contributed by atoms with Crippen LogP contribution in [0, 0.1) is 12.3 Å². The Morgan fingerprint density at radius 3 is 2.60 bits per heavy atom. The molecule has 0 aromatic heterocycles. The number of likely N-dealkylation sites (N-methyl/N-ethyl adjacent to an activating group) is 1. The van der Waals surface area contributed by atoms with Crippen molar-refractivity contribution in [2.24, 2.45) is 0 Å². The van der Waals surface area contributed by atoms with Crippen LogP contribution in [0.4, 0.5) is 0 Å². The first-order valence-corrected chi connectivity index (χ1v) is 3.64. The van der Waals surface area contributed by atoms with Crippen LogP contribution in [-0.4, -0.2) is 37.1 Å². The first-order chi connectivity index (χ1) is 4.75. The summed E-state index contributed by atoms with van der Waals surface area (Å²) in [4.78, 5) is 2.23. The largest absolute Gasteiger partial charge is 0.314 e. The summed E-state index contributed by atoms with van der Waals surface area (Å²) in [6, 6.07) is 0.929. The average molecular weight is 138 g/mol. The molecule has 0 aromatic carbocycles. The molecule has 1 heterocycles. The summed E-state index contributed by atoms with van der Waals surface area (Å²) >= 11 is 0. The summed E-state index contributed by atoms with van der Waals surface area (Å²) in [6.07, 6.45) is 5.28. The standard InChI is InChI=1S/C8H14N2/c1-4-7(2)10(3)8-5-9-6-8/h1,7-9H,5-6H2,2-3H3. The van der Waals surface area contributed by atoms with Gasteiger partial charge in [0.1, 0.15) is 0 Å². The minimum Gasteiger partial charge on any atom is -0.314 e. The highest BCUT2D eigenvalue weighted by atomic mass is 15.2. The third-order valence-electron chi connectivity index (χ3n) is 2.19. The van der Waals surface area contributed by atoms with Crippen LogP contribution in [0.1, 0.15) is 6.92 Å². The Hall–Kier alpha value is -0.520. The number of nitrogens with one attached hydrogen (secondary N) is 1. The van der Waals surface area contributed by atoms with E-state index in [1.165, 1.54) is 0 Å². The SMILES string of the molecule is C#CC(C)N(C)C1CNC1. The molecule has 2 heteroatoms. The number of hydrogen-bond acceptors (Lipinski definition) is 2. The van der Waals surface area contributed by atoms with Crippen molar-refractivity contribution >= 4 is 0 Å². The molecule has 1 saturated heterocycles. The Labute approximate surface area is 62.6 Å². The second kappa shape index (κ2) is 3.05.